The summed E-state index contributed by atoms with van der Waals surface area (Å²) >= 11 is 0. The van der Waals surface area contributed by atoms with Crippen molar-refractivity contribution < 1.29 is 23.5 Å². The van der Waals surface area contributed by atoms with Crippen LogP contribution < -0.4 is 5.63 Å². The van der Waals surface area contributed by atoms with Gasteiger partial charge in [0.05, 0.1) is 11.8 Å². The van der Waals surface area contributed by atoms with Gasteiger partial charge in [-0.2, -0.15) is 0 Å². The minimum Gasteiger partial charge on any atom is -0.459 e. The molecule has 2 heterocycles. The number of nitrogens with zero attached hydrogens (tertiary/aromatic N) is 1. The molecule has 7 nitrogen and oxygen atoms in total. The highest BCUT2D eigenvalue weighted by Crippen LogP contribution is 2.37. The van der Waals surface area contributed by atoms with Gasteiger partial charge in [-0.05, 0) is 42.0 Å². The molecule has 7 heteroatoms. The third kappa shape index (κ3) is 4.16. The number of fused-ring (bicyclic) bond motifs is 4. The number of rotatable bonds is 6. The Morgan fingerprint density at radius 3 is 2.40 bits per heavy atom. The van der Waals surface area contributed by atoms with Gasteiger partial charge in [0, 0.05) is 17.0 Å². The van der Waals surface area contributed by atoms with Gasteiger partial charge >= 0.3 is 11.6 Å². The van der Waals surface area contributed by atoms with Crippen LogP contribution in [0.2, 0.25) is 0 Å². The van der Waals surface area contributed by atoms with Crippen molar-refractivity contribution in [3.8, 4) is 0 Å². The van der Waals surface area contributed by atoms with E-state index in [1.165, 1.54) is 6.07 Å². The number of imide groups is 1. The molecule has 3 aromatic rings. The number of amides is 2. The number of carbonyl (C=O) groups is 3. The number of allylic oxidation sites excluding steroid dienone is 2. The average molecular weight is 474 g/mol. The zero-order chi connectivity index (χ0) is 24.7. The fraction of sp³-hybridized carbons (Fsp3) is 0.357. The monoisotopic (exact) mass is 473 g/mol. The van der Waals surface area contributed by atoms with Crippen LogP contribution in [0.25, 0.3) is 21.7 Å². The van der Waals surface area contributed by atoms with Crippen LogP contribution in [0.4, 0.5) is 0 Å². The first-order valence-corrected chi connectivity index (χ1v) is 12.0. The molecule has 1 aromatic heterocycles. The van der Waals surface area contributed by atoms with E-state index in [0.717, 1.165) is 15.7 Å². The van der Waals surface area contributed by atoms with Gasteiger partial charge in [-0.1, -0.05) is 56.3 Å². The molecule has 0 bridgehead atoms. The molecule has 5 rings (SSSR count). The van der Waals surface area contributed by atoms with Crippen LogP contribution in [-0.4, -0.2) is 28.7 Å². The van der Waals surface area contributed by atoms with Crippen molar-refractivity contribution in [1.82, 2.24) is 4.90 Å². The molecule has 0 spiro atoms. The summed E-state index contributed by atoms with van der Waals surface area (Å²) in [6.07, 6.45) is 5.16. The summed E-state index contributed by atoms with van der Waals surface area (Å²) in [4.78, 5) is 52.9. The van der Waals surface area contributed by atoms with Crippen molar-refractivity contribution in [3.05, 3.63) is 70.6 Å². The molecule has 3 unspecified atom stereocenters. The quantitative estimate of drug-likeness (QED) is 0.174. The van der Waals surface area contributed by atoms with Crippen LogP contribution in [0.5, 0.6) is 0 Å². The van der Waals surface area contributed by atoms with Gasteiger partial charge in [0.1, 0.15) is 18.2 Å². The number of esters is 1. The Morgan fingerprint density at radius 2 is 1.71 bits per heavy atom. The zero-order valence-electron chi connectivity index (χ0n) is 19.7. The van der Waals surface area contributed by atoms with Gasteiger partial charge in [0.15, 0.2) is 0 Å². The molecule has 35 heavy (non-hydrogen) atoms. The molecule has 3 atom stereocenters. The predicted octanol–water partition coefficient (Wildman–Crippen LogP) is 4.36. The summed E-state index contributed by atoms with van der Waals surface area (Å²) in [5.74, 6) is -2.02. The molecule has 0 radical (unpaired) electrons. The third-order valence-electron chi connectivity index (χ3n) is 6.90. The molecule has 2 aliphatic rings. The Morgan fingerprint density at radius 1 is 1.03 bits per heavy atom. The molecule has 1 aliphatic heterocycles. The Hall–Kier alpha value is -3.74. The fourth-order valence-corrected chi connectivity index (χ4v) is 5.27. The van der Waals surface area contributed by atoms with E-state index in [4.69, 9.17) is 9.15 Å². The average Bonchev–Trinajstić information content (AvgIpc) is 3.10. The molecule has 1 fully saturated rings. The maximum atomic E-state index is 13.3. The highest BCUT2D eigenvalue weighted by Gasteiger charge is 2.51. The van der Waals surface area contributed by atoms with Crippen LogP contribution in [0.3, 0.4) is 0 Å². The molecule has 1 saturated heterocycles. The Bertz CT molecular complexity index is 1390. The van der Waals surface area contributed by atoms with Crippen molar-refractivity contribution in [3.63, 3.8) is 0 Å². The lowest BCUT2D eigenvalue weighted by atomic mass is 9.85. The number of benzene rings is 2. The second-order valence-corrected chi connectivity index (χ2v) is 9.71. The first-order chi connectivity index (χ1) is 16.8. The van der Waals surface area contributed by atoms with Crippen molar-refractivity contribution in [2.24, 2.45) is 17.8 Å². The highest BCUT2D eigenvalue weighted by molar-refractivity contribution is 6.08. The largest absolute Gasteiger partial charge is 0.459 e. The molecule has 0 saturated carbocycles. The number of likely N-dealkylation sites (tertiary alicyclic amines) is 1. The highest BCUT2D eigenvalue weighted by atomic mass is 16.5. The molecule has 180 valence electrons. The topological polar surface area (TPSA) is 93.9 Å². The fourth-order valence-electron chi connectivity index (χ4n) is 5.27. The van der Waals surface area contributed by atoms with Gasteiger partial charge < -0.3 is 9.15 Å². The summed E-state index contributed by atoms with van der Waals surface area (Å²) in [6, 6.07) is 11.6. The van der Waals surface area contributed by atoms with Gasteiger partial charge in [-0.3, -0.25) is 14.5 Å². The first-order valence-electron chi connectivity index (χ1n) is 12.0. The second kappa shape index (κ2) is 9.13. The molecule has 0 N–H and O–H groups in total. The standard InChI is InChI=1S/C28H27NO6/c1-16(2)13-22(29-26(31)20-9-5-6-10-21(20)27(29)32)28(33)34-15-18-14-24(30)35-23-12-11-17-7-3-4-8-19(17)25(18)23/h3-8,11-12,14,16,20-22H,9-10,13,15H2,1-2H3. The summed E-state index contributed by atoms with van der Waals surface area (Å²) in [5.41, 5.74) is 0.378. The van der Waals surface area contributed by atoms with E-state index in [1.54, 1.807) is 6.07 Å². The summed E-state index contributed by atoms with van der Waals surface area (Å²) < 4.78 is 11.1. The Balaban J connectivity index is 1.45. The van der Waals surface area contributed by atoms with E-state index >= 15 is 0 Å². The first kappa shape index (κ1) is 23.0. The smallest absolute Gasteiger partial charge is 0.336 e. The summed E-state index contributed by atoms with van der Waals surface area (Å²) in [7, 11) is 0. The predicted molar refractivity (Wildman–Crippen MR) is 130 cm³/mol. The van der Waals surface area contributed by atoms with E-state index in [-0.39, 0.29) is 24.3 Å². The third-order valence-corrected chi connectivity index (χ3v) is 6.90. The molecular weight excluding hydrogens is 446 g/mol. The van der Waals surface area contributed by atoms with E-state index in [9.17, 15) is 19.2 Å². The van der Waals surface area contributed by atoms with Crippen LogP contribution in [0.1, 0.15) is 38.7 Å². The molecule has 1 aliphatic carbocycles. The van der Waals surface area contributed by atoms with Crippen LogP contribution in [0.15, 0.2) is 63.8 Å². The number of carbonyl (C=O) groups excluding carboxylic acids is 3. The minimum absolute atomic E-state index is 0.0578. The van der Waals surface area contributed by atoms with E-state index in [0.29, 0.717) is 35.8 Å². The molecule has 2 amide bonds. The van der Waals surface area contributed by atoms with Crippen LogP contribution in [0, 0.1) is 17.8 Å². The van der Waals surface area contributed by atoms with Crippen LogP contribution >= 0.6 is 0 Å². The molecular formula is C28H27NO6. The van der Waals surface area contributed by atoms with Crippen molar-refractivity contribution in [2.75, 3.05) is 0 Å². The van der Waals surface area contributed by atoms with Gasteiger partial charge in [0.2, 0.25) is 11.8 Å². The van der Waals surface area contributed by atoms with Crippen molar-refractivity contribution in [1.29, 1.82) is 0 Å². The summed E-state index contributed by atoms with van der Waals surface area (Å²) in [5, 5.41) is 2.53. The number of hydrogen-bond donors (Lipinski definition) is 0. The van der Waals surface area contributed by atoms with E-state index in [1.807, 2.05) is 56.3 Å². The minimum atomic E-state index is -0.997. The lowest BCUT2D eigenvalue weighted by Crippen LogP contribution is -2.47. The lowest BCUT2D eigenvalue weighted by Gasteiger charge is -2.26. The zero-order valence-corrected chi connectivity index (χ0v) is 19.7. The maximum absolute atomic E-state index is 13.3. The SMILES string of the molecule is CC(C)CC(C(=O)OCc1cc(=O)oc2ccc3ccccc3c12)N1C(=O)C2CC=CCC2C1=O. The van der Waals surface area contributed by atoms with Gasteiger partial charge in [0.25, 0.3) is 0 Å². The summed E-state index contributed by atoms with van der Waals surface area (Å²) in [6.45, 7) is 3.69. The van der Waals surface area contributed by atoms with Gasteiger partial charge in [-0.25, -0.2) is 9.59 Å². The molecule has 2 aromatic carbocycles. The Labute approximate surface area is 202 Å². The number of ether oxygens (including phenoxy) is 1. The van der Waals surface area contributed by atoms with Crippen molar-refractivity contribution in [2.45, 2.75) is 45.8 Å². The maximum Gasteiger partial charge on any atom is 0.336 e. The number of hydrogen-bond acceptors (Lipinski definition) is 6. The van der Waals surface area contributed by atoms with Crippen molar-refractivity contribution >= 4 is 39.5 Å². The Kier molecular flexibility index (Phi) is 6.01. The van der Waals surface area contributed by atoms with E-state index in [2.05, 4.69) is 0 Å². The lowest BCUT2D eigenvalue weighted by molar-refractivity contribution is -0.160. The van der Waals surface area contributed by atoms with Crippen LogP contribution in [-0.2, 0) is 25.7 Å². The second-order valence-electron chi connectivity index (χ2n) is 9.71. The normalized spacial score (nSPS) is 20.6. The van der Waals surface area contributed by atoms with E-state index < -0.39 is 29.5 Å². The van der Waals surface area contributed by atoms with Gasteiger partial charge in [-0.15, -0.1) is 0 Å².